The van der Waals surface area contributed by atoms with Gasteiger partial charge in [-0.1, -0.05) is 0 Å². The third-order valence-corrected chi connectivity index (χ3v) is 6.93. The lowest BCUT2D eigenvalue weighted by atomic mass is 9.95. The summed E-state index contributed by atoms with van der Waals surface area (Å²) in [6.45, 7) is 3.50. The number of nitrogens with one attached hydrogen (secondary N) is 2. The maximum atomic E-state index is 12.7. The number of fused-ring (bicyclic) bond motifs is 2. The summed E-state index contributed by atoms with van der Waals surface area (Å²) in [4.78, 5) is 20.1. The van der Waals surface area contributed by atoms with E-state index in [-0.39, 0.29) is 5.91 Å². The van der Waals surface area contributed by atoms with Gasteiger partial charge in [-0.15, -0.1) is 11.3 Å². The van der Waals surface area contributed by atoms with Crippen molar-refractivity contribution < 1.29 is 9.53 Å². The number of rotatable bonds is 4. The summed E-state index contributed by atoms with van der Waals surface area (Å²) in [6, 6.07) is 4.23. The minimum atomic E-state index is 0.118. The zero-order chi connectivity index (χ0) is 19.1. The molecule has 0 aromatic carbocycles. The number of carbonyl (C=O) groups is 1. The van der Waals surface area contributed by atoms with E-state index in [9.17, 15) is 4.79 Å². The van der Waals surface area contributed by atoms with Gasteiger partial charge in [0.2, 0.25) is 5.91 Å². The van der Waals surface area contributed by atoms with E-state index in [1.807, 2.05) is 7.05 Å². The van der Waals surface area contributed by atoms with Gasteiger partial charge in [0.15, 0.2) is 0 Å². The molecule has 2 aliphatic rings. The number of anilines is 1. The fourth-order valence-corrected chi connectivity index (χ4v) is 5.12. The number of carbonyl (C=O) groups excluding carboxylic acids is 1. The van der Waals surface area contributed by atoms with Crippen molar-refractivity contribution in [1.29, 1.82) is 0 Å². The van der Waals surface area contributed by atoms with Crippen LogP contribution in [0.25, 0.3) is 21.6 Å². The predicted octanol–water partition coefficient (Wildman–Crippen LogP) is 2.79. The molecule has 0 atom stereocenters. The molecule has 0 bridgehead atoms. The molecule has 1 fully saturated rings. The van der Waals surface area contributed by atoms with Crippen LogP contribution in [0.3, 0.4) is 0 Å². The van der Waals surface area contributed by atoms with Crippen molar-refractivity contribution in [2.45, 2.75) is 25.7 Å². The number of ether oxygens (including phenoxy) is 1. The molecule has 3 aromatic heterocycles. The van der Waals surface area contributed by atoms with E-state index in [1.165, 1.54) is 24.1 Å². The monoisotopic (exact) mass is 399 g/mol. The third-order valence-electron chi connectivity index (χ3n) is 5.77. The van der Waals surface area contributed by atoms with Crippen LogP contribution in [0, 0.1) is 0 Å². The summed E-state index contributed by atoms with van der Waals surface area (Å²) in [6.07, 6.45) is 4.66. The van der Waals surface area contributed by atoms with Crippen molar-refractivity contribution in [1.82, 2.24) is 20.1 Å². The minimum absolute atomic E-state index is 0.118. The van der Waals surface area contributed by atoms with Gasteiger partial charge < -0.3 is 14.6 Å². The van der Waals surface area contributed by atoms with Crippen molar-refractivity contribution in [3.63, 3.8) is 0 Å². The van der Waals surface area contributed by atoms with Crippen LogP contribution in [0.2, 0.25) is 0 Å². The van der Waals surface area contributed by atoms with E-state index < -0.39 is 0 Å². The quantitative estimate of drug-likeness (QED) is 0.707. The van der Waals surface area contributed by atoms with Crippen LogP contribution in [-0.4, -0.2) is 65.9 Å². The number of thiophene rings is 1. The lowest BCUT2D eigenvalue weighted by Crippen LogP contribution is -2.43. The summed E-state index contributed by atoms with van der Waals surface area (Å²) in [5.74, 6) is 0.118. The highest BCUT2D eigenvalue weighted by Crippen LogP contribution is 2.36. The zero-order valence-electron chi connectivity index (χ0n) is 16.1. The van der Waals surface area contributed by atoms with Crippen LogP contribution in [0.15, 0.2) is 12.1 Å². The Bertz CT molecular complexity index is 966. The highest BCUT2D eigenvalue weighted by atomic mass is 32.1. The number of nitrogens with zero attached hydrogens (tertiary/aromatic N) is 3. The first kappa shape index (κ1) is 17.9. The smallest absolute Gasteiger partial charge is 0.241 e. The lowest BCUT2D eigenvalue weighted by molar-refractivity contribution is -0.120. The van der Waals surface area contributed by atoms with Gasteiger partial charge in [0.05, 0.1) is 35.7 Å². The maximum absolute atomic E-state index is 12.7. The van der Waals surface area contributed by atoms with Crippen molar-refractivity contribution in [3.8, 4) is 11.4 Å². The molecule has 4 heterocycles. The SMILES string of the molecule is CN(C(=O)CN1CCOCC1)c1cc2[nH]c(-c3n[nH]c4c3CCCC4)cc2s1. The van der Waals surface area contributed by atoms with Gasteiger partial charge in [0, 0.05) is 31.4 Å². The average molecular weight is 400 g/mol. The molecule has 0 unspecified atom stereocenters. The van der Waals surface area contributed by atoms with Gasteiger partial charge >= 0.3 is 0 Å². The highest BCUT2D eigenvalue weighted by Gasteiger charge is 2.22. The van der Waals surface area contributed by atoms with Gasteiger partial charge in [-0.25, -0.2) is 0 Å². The summed E-state index contributed by atoms with van der Waals surface area (Å²) >= 11 is 1.64. The van der Waals surface area contributed by atoms with Gasteiger partial charge in [-0.3, -0.25) is 14.8 Å². The molecule has 28 heavy (non-hydrogen) atoms. The molecule has 3 aromatic rings. The van der Waals surface area contributed by atoms with Crippen LogP contribution in [0.5, 0.6) is 0 Å². The standard InChI is InChI=1S/C20H25N5O2S/c1-24(18(26)12-25-6-8-27-9-7-25)19-11-15-17(28-19)10-16(21-15)20-13-4-2-3-5-14(13)22-23-20/h10-11,21H,2-9,12H2,1H3,(H,22,23). The molecular weight excluding hydrogens is 374 g/mol. The summed E-state index contributed by atoms with van der Waals surface area (Å²) in [7, 11) is 1.86. The van der Waals surface area contributed by atoms with E-state index in [0.29, 0.717) is 19.8 Å². The zero-order valence-corrected chi connectivity index (χ0v) is 16.9. The van der Waals surface area contributed by atoms with E-state index >= 15 is 0 Å². The number of morpholine rings is 1. The number of aryl methyl sites for hydroxylation is 1. The van der Waals surface area contributed by atoms with Crippen molar-refractivity contribution in [2.75, 3.05) is 44.8 Å². The topological polar surface area (TPSA) is 77.2 Å². The summed E-state index contributed by atoms with van der Waals surface area (Å²) in [5.41, 5.74) is 5.82. The second-order valence-electron chi connectivity index (χ2n) is 7.62. The highest BCUT2D eigenvalue weighted by molar-refractivity contribution is 7.23. The molecule has 0 spiro atoms. The van der Waals surface area contributed by atoms with E-state index in [4.69, 9.17) is 4.74 Å². The number of aromatic amines is 2. The normalized spacial score (nSPS) is 17.8. The third kappa shape index (κ3) is 3.25. The Morgan fingerprint density at radius 3 is 2.93 bits per heavy atom. The molecule has 0 radical (unpaired) electrons. The Balaban J connectivity index is 1.34. The van der Waals surface area contributed by atoms with Crippen LogP contribution < -0.4 is 4.90 Å². The van der Waals surface area contributed by atoms with Crippen LogP contribution in [0.1, 0.15) is 24.1 Å². The molecule has 5 rings (SSSR count). The summed E-state index contributed by atoms with van der Waals surface area (Å²) < 4.78 is 6.51. The Kier molecular flexibility index (Phi) is 4.70. The molecule has 148 valence electrons. The molecular formula is C20H25N5O2S. The largest absolute Gasteiger partial charge is 0.379 e. The molecule has 0 saturated carbocycles. The number of H-pyrrole nitrogens is 2. The second kappa shape index (κ2) is 7.35. The summed E-state index contributed by atoms with van der Waals surface area (Å²) in [5, 5.41) is 8.74. The van der Waals surface area contributed by atoms with E-state index in [2.05, 4.69) is 32.2 Å². The molecule has 2 N–H and O–H groups in total. The Morgan fingerprint density at radius 1 is 1.29 bits per heavy atom. The molecule has 1 aliphatic heterocycles. The predicted molar refractivity (Wildman–Crippen MR) is 111 cm³/mol. The van der Waals surface area contributed by atoms with Gasteiger partial charge in [-0.05, 0) is 37.8 Å². The Hall–Kier alpha value is -2.16. The van der Waals surface area contributed by atoms with Crippen LogP contribution >= 0.6 is 11.3 Å². The first-order chi connectivity index (χ1) is 13.7. The number of likely N-dealkylation sites (N-methyl/N-ethyl adjacent to an activating group) is 1. The van der Waals surface area contributed by atoms with E-state index in [1.54, 1.807) is 16.2 Å². The molecule has 8 heteroatoms. The average Bonchev–Trinajstić information content (AvgIpc) is 3.40. The van der Waals surface area contributed by atoms with Gasteiger partial charge in [0.1, 0.15) is 10.7 Å². The Labute approximate surface area is 167 Å². The first-order valence-electron chi connectivity index (χ1n) is 9.95. The van der Waals surface area contributed by atoms with Gasteiger partial charge in [0.25, 0.3) is 0 Å². The molecule has 7 nitrogen and oxygen atoms in total. The number of hydrogen-bond donors (Lipinski definition) is 2. The molecule has 1 aliphatic carbocycles. The number of hydrogen-bond acceptors (Lipinski definition) is 5. The Morgan fingerprint density at radius 2 is 2.11 bits per heavy atom. The van der Waals surface area contributed by atoms with Crippen molar-refractivity contribution >= 4 is 32.5 Å². The fraction of sp³-hybridized carbons (Fsp3) is 0.500. The first-order valence-corrected chi connectivity index (χ1v) is 10.8. The molecule has 1 amide bonds. The van der Waals surface area contributed by atoms with Crippen molar-refractivity contribution in [2.24, 2.45) is 0 Å². The lowest BCUT2D eigenvalue weighted by Gasteiger charge is -2.27. The second-order valence-corrected chi connectivity index (χ2v) is 8.69. The van der Waals surface area contributed by atoms with Crippen LogP contribution in [-0.2, 0) is 22.4 Å². The number of amides is 1. The van der Waals surface area contributed by atoms with E-state index in [0.717, 1.165) is 52.5 Å². The minimum Gasteiger partial charge on any atom is -0.379 e. The fourth-order valence-electron chi connectivity index (χ4n) is 4.08. The molecule has 1 saturated heterocycles. The van der Waals surface area contributed by atoms with Crippen molar-refractivity contribution in [3.05, 3.63) is 23.4 Å². The van der Waals surface area contributed by atoms with Gasteiger partial charge in [-0.2, -0.15) is 5.10 Å². The van der Waals surface area contributed by atoms with Crippen LogP contribution in [0.4, 0.5) is 5.00 Å². The number of aromatic nitrogens is 3. The maximum Gasteiger partial charge on any atom is 0.241 e.